The minimum atomic E-state index is -0.108. The molecule has 1 saturated carbocycles. The van der Waals surface area contributed by atoms with Crippen LogP contribution in [0.25, 0.3) is 22.8 Å². The van der Waals surface area contributed by atoms with Crippen molar-refractivity contribution in [3.63, 3.8) is 0 Å². The molecular weight excluding hydrogens is 382 g/mol. The first kappa shape index (κ1) is 19.9. The van der Waals surface area contributed by atoms with E-state index in [1.54, 1.807) is 32.4 Å². The van der Waals surface area contributed by atoms with Crippen LogP contribution in [0.1, 0.15) is 42.5 Å². The molecule has 2 aromatic carbocycles. The zero-order valence-corrected chi connectivity index (χ0v) is 17.2. The second-order valence-electron chi connectivity index (χ2n) is 7.35. The number of aromatic nitrogens is 2. The summed E-state index contributed by atoms with van der Waals surface area (Å²) in [5.41, 5.74) is 1.88. The summed E-state index contributed by atoms with van der Waals surface area (Å²) in [4.78, 5) is 17.4. The standard InChI is InChI=1S/C23H25N3O4/c1-28-19-13-12-15(14-20(19)29-2)21-25-23(30-26-21)18-11-7-6-10-17(18)22(27)24-16-8-4-3-5-9-16/h6-7,10-14,16H,3-5,8-9H2,1-2H3,(H,24,27). The van der Waals surface area contributed by atoms with Crippen molar-refractivity contribution in [2.24, 2.45) is 0 Å². The highest BCUT2D eigenvalue weighted by Crippen LogP contribution is 2.32. The number of carbonyl (C=O) groups excluding carboxylic acids is 1. The Kier molecular flexibility index (Phi) is 5.97. The van der Waals surface area contributed by atoms with Gasteiger partial charge in [-0.2, -0.15) is 4.98 Å². The number of nitrogens with zero attached hydrogens (tertiary/aromatic N) is 2. The Morgan fingerprint density at radius 3 is 2.57 bits per heavy atom. The summed E-state index contributed by atoms with van der Waals surface area (Å²) in [6.45, 7) is 0. The number of nitrogens with one attached hydrogen (secondary N) is 1. The summed E-state index contributed by atoms with van der Waals surface area (Å²) in [5.74, 6) is 1.80. The van der Waals surface area contributed by atoms with E-state index in [1.807, 2.05) is 24.3 Å². The van der Waals surface area contributed by atoms with Crippen molar-refractivity contribution in [2.75, 3.05) is 14.2 Å². The van der Waals surface area contributed by atoms with Gasteiger partial charge in [-0.25, -0.2) is 0 Å². The minimum absolute atomic E-state index is 0.108. The molecule has 1 amide bonds. The second-order valence-corrected chi connectivity index (χ2v) is 7.35. The van der Waals surface area contributed by atoms with Crippen LogP contribution in [0.15, 0.2) is 47.0 Å². The van der Waals surface area contributed by atoms with Crippen LogP contribution in [-0.2, 0) is 0 Å². The van der Waals surface area contributed by atoms with Gasteiger partial charge in [-0.05, 0) is 43.2 Å². The van der Waals surface area contributed by atoms with Gasteiger partial charge in [0.05, 0.1) is 25.3 Å². The third kappa shape index (κ3) is 4.15. The highest BCUT2D eigenvalue weighted by atomic mass is 16.5. The second kappa shape index (κ2) is 8.98. The maximum atomic E-state index is 12.9. The number of benzene rings is 2. The average Bonchev–Trinajstić information content (AvgIpc) is 3.29. The molecule has 3 aromatic rings. The fraction of sp³-hybridized carbons (Fsp3) is 0.348. The van der Waals surface area contributed by atoms with E-state index in [0.717, 1.165) is 31.2 Å². The molecule has 7 nitrogen and oxygen atoms in total. The van der Waals surface area contributed by atoms with Crippen molar-refractivity contribution in [2.45, 2.75) is 38.1 Å². The highest BCUT2D eigenvalue weighted by molar-refractivity contribution is 6.00. The first-order valence-corrected chi connectivity index (χ1v) is 10.2. The third-order valence-corrected chi connectivity index (χ3v) is 5.41. The van der Waals surface area contributed by atoms with E-state index in [-0.39, 0.29) is 11.9 Å². The lowest BCUT2D eigenvalue weighted by atomic mass is 9.95. The van der Waals surface area contributed by atoms with E-state index >= 15 is 0 Å². The third-order valence-electron chi connectivity index (χ3n) is 5.41. The Bertz CT molecular complexity index is 1020. The number of hydrogen-bond acceptors (Lipinski definition) is 6. The molecule has 1 heterocycles. The van der Waals surface area contributed by atoms with Gasteiger partial charge in [-0.15, -0.1) is 0 Å². The molecule has 0 saturated heterocycles. The molecule has 156 valence electrons. The minimum Gasteiger partial charge on any atom is -0.493 e. The smallest absolute Gasteiger partial charge is 0.259 e. The molecule has 0 atom stereocenters. The number of rotatable bonds is 6. The monoisotopic (exact) mass is 407 g/mol. The molecule has 1 aromatic heterocycles. The molecule has 1 fully saturated rings. The fourth-order valence-electron chi connectivity index (χ4n) is 3.80. The van der Waals surface area contributed by atoms with Gasteiger partial charge in [-0.1, -0.05) is 36.6 Å². The van der Waals surface area contributed by atoms with E-state index < -0.39 is 0 Å². The summed E-state index contributed by atoms with van der Waals surface area (Å²) in [5, 5.41) is 7.25. The zero-order valence-electron chi connectivity index (χ0n) is 17.2. The Hall–Kier alpha value is -3.35. The molecule has 7 heteroatoms. The molecule has 4 rings (SSSR count). The number of ether oxygens (including phenoxy) is 2. The fourth-order valence-corrected chi connectivity index (χ4v) is 3.80. The molecule has 0 aliphatic heterocycles. The lowest BCUT2D eigenvalue weighted by Crippen LogP contribution is -2.36. The van der Waals surface area contributed by atoms with E-state index in [9.17, 15) is 4.79 Å². The van der Waals surface area contributed by atoms with Gasteiger partial charge in [0.25, 0.3) is 11.8 Å². The predicted octanol–water partition coefficient (Wildman–Crippen LogP) is 4.48. The molecule has 0 bridgehead atoms. The van der Waals surface area contributed by atoms with E-state index in [2.05, 4.69) is 15.5 Å². The lowest BCUT2D eigenvalue weighted by molar-refractivity contribution is 0.0928. The number of methoxy groups -OCH3 is 2. The van der Waals surface area contributed by atoms with Crippen LogP contribution >= 0.6 is 0 Å². The molecule has 30 heavy (non-hydrogen) atoms. The summed E-state index contributed by atoms with van der Waals surface area (Å²) < 4.78 is 16.1. The van der Waals surface area contributed by atoms with Crippen molar-refractivity contribution in [3.05, 3.63) is 48.0 Å². The Morgan fingerprint density at radius 1 is 1.03 bits per heavy atom. The lowest BCUT2D eigenvalue weighted by Gasteiger charge is -2.23. The molecule has 1 N–H and O–H groups in total. The van der Waals surface area contributed by atoms with Crippen LogP contribution in [0.4, 0.5) is 0 Å². The first-order chi connectivity index (χ1) is 14.7. The molecular formula is C23H25N3O4. The topological polar surface area (TPSA) is 86.5 Å². The van der Waals surface area contributed by atoms with Crippen LogP contribution in [0.3, 0.4) is 0 Å². The molecule has 1 aliphatic carbocycles. The summed E-state index contributed by atoms with van der Waals surface area (Å²) in [6.07, 6.45) is 5.61. The number of hydrogen-bond donors (Lipinski definition) is 1. The van der Waals surface area contributed by atoms with E-state index in [1.165, 1.54) is 6.42 Å². The summed E-state index contributed by atoms with van der Waals surface area (Å²) in [6, 6.07) is 12.9. The normalized spacial score (nSPS) is 14.3. The highest BCUT2D eigenvalue weighted by Gasteiger charge is 2.21. The van der Waals surface area contributed by atoms with E-state index in [0.29, 0.717) is 34.3 Å². The van der Waals surface area contributed by atoms with Gasteiger partial charge in [0.1, 0.15) is 0 Å². The summed E-state index contributed by atoms with van der Waals surface area (Å²) >= 11 is 0. The SMILES string of the molecule is COc1ccc(-c2noc(-c3ccccc3C(=O)NC3CCCCC3)n2)cc1OC. The Balaban J connectivity index is 1.60. The maximum absolute atomic E-state index is 12.9. The molecule has 1 aliphatic rings. The van der Waals surface area contributed by atoms with Gasteiger partial charge in [0, 0.05) is 11.6 Å². The van der Waals surface area contributed by atoms with Crippen molar-refractivity contribution >= 4 is 5.91 Å². The van der Waals surface area contributed by atoms with Crippen LogP contribution < -0.4 is 14.8 Å². The Morgan fingerprint density at radius 2 is 1.80 bits per heavy atom. The Labute approximate surface area is 175 Å². The largest absolute Gasteiger partial charge is 0.493 e. The molecule has 0 spiro atoms. The van der Waals surface area contributed by atoms with Crippen LogP contribution in [0.2, 0.25) is 0 Å². The maximum Gasteiger partial charge on any atom is 0.259 e. The summed E-state index contributed by atoms with van der Waals surface area (Å²) in [7, 11) is 3.16. The van der Waals surface area contributed by atoms with Gasteiger partial charge in [0.15, 0.2) is 11.5 Å². The zero-order chi connectivity index (χ0) is 20.9. The van der Waals surface area contributed by atoms with Crippen LogP contribution in [0.5, 0.6) is 11.5 Å². The average molecular weight is 407 g/mol. The van der Waals surface area contributed by atoms with Crippen molar-refractivity contribution in [1.29, 1.82) is 0 Å². The van der Waals surface area contributed by atoms with Crippen molar-refractivity contribution < 1.29 is 18.8 Å². The predicted molar refractivity (Wildman–Crippen MR) is 113 cm³/mol. The molecule has 0 unspecified atom stereocenters. The van der Waals surface area contributed by atoms with Crippen LogP contribution in [-0.4, -0.2) is 36.3 Å². The van der Waals surface area contributed by atoms with Gasteiger partial charge < -0.3 is 19.3 Å². The van der Waals surface area contributed by atoms with Crippen molar-refractivity contribution in [1.82, 2.24) is 15.5 Å². The van der Waals surface area contributed by atoms with Gasteiger partial charge in [0.2, 0.25) is 5.82 Å². The molecule has 0 radical (unpaired) electrons. The van der Waals surface area contributed by atoms with Crippen LogP contribution in [0, 0.1) is 0 Å². The number of carbonyl (C=O) groups is 1. The van der Waals surface area contributed by atoms with E-state index in [4.69, 9.17) is 14.0 Å². The number of amides is 1. The first-order valence-electron chi connectivity index (χ1n) is 10.2. The van der Waals surface area contributed by atoms with Gasteiger partial charge >= 0.3 is 0 Å². The quantitative estimate of drug-likeness (QED) is 0.648. The van der Waals surface area contributed by atoms with Crippen molar-refractivity contribution in [3.8, 4) is 34.3 Å². The van der Waals surface area contributed by atoms with Gasteiger partial charge in [-0.3, -0.25) is 4.79 Å².